The van der Waals surface area contributed by atoms with Gasteiger partial charge in [-0.25, -0.2) is 0 Å². The van der Waals surface area contributed by atoms with Crippen LogP contribution in [0, 0.1) is 0 Å². The molecule has 13 heavy (non-hydrogen) atoms. The Labute approximate surface area is 78.6 Å². The van der Waals surface area contributed by atoms with E-state index in [4.69, 9.17) is 0 Å². The van der Waals surface area contributed by atoms with Crippen molar-refractivity contribution in [1.29, 1.82) is 0 Å². The number of carbonyl (C=O) groups excluding carboxylic acids is 2. The highest BCUT2D eigenvalue weighted by molar-refractivity contribution is 5.79. The van der Waals surface area contributed by atoms with E-state index in [9.17, 15) is 9.59 Å². The Morgan fingerprint density at radius 2 is 1.92 bits per heavy atom. The molecule has 4 heteroatoms. The summed E-state index contributed by atoms with van der Waals surface area (Å²) in [5.74, 6) is 0.402. The van der Waals surface area contributed by atoms with Gasteiger partial charge in [0.25, 0.3) is 6.47 Å². The first-order valence-corrected chi connectivity index (χ1v) is 4.48. The van der Waals surface area contributed by atoms with Crippen molar-refractivity contribution in [1.82, 2.24) is 5.32 Å². The molecular weight excluding hydrogens is 170 g/mol. The second-order valence-corrected chi connectivity index (χ2v) is 3.07. The fourth-order valence-corrected chi connectivity index (χ4v) is 0.817. The molecule has 0 aromatic heterocycles. The Kier molecular flexibility index (Phi) is 7.20. The molecule has 0 aliphatic carbocycles. The summed E-state index contributed by atoms with van der Waals surface area (Å²) in [6, 6.07) is 0. The Morgan fingerprint density at radius 1 is 1.38 bits per heavy atom. The van der Waals surface area contributed by atoms with Gasteiger partial charge in [-0.3, -0.25) is 9.59 Å². The fraction of sp³-hybridized carbons (Fsp3) is 0.778. The van der Waals surface area contributed by atoms with Gasteiger partial charge in [-0.2, -0.15) is 0 Å². The number of ketones is 1. The number of rotatable bonds is 2. The zero-order valence-electron chi connectivity index (χ0n) is 8.21. The van der Waals surface area contributed by atoms with Crippen LogP contribution in [-0.4, -0.2) is 31.4 Å². The molecule has 0 spiro atoms. The van der Waals surface area contributed by atoms with E-state index in [1.807, 2.05) is 0 Å². The lowest BCUT2D eigenvalue weighted by molar-refractivity contribution is -0.132. The highest BCUT2D eigenvalue weighted by Crippen LogP contribution is 1.91. The average molecular weight is 187 g/mol. The number of hydrogen-bond acceptors (Lipinski definition) is 4. The van der Waals surface area contributed by atoms with Gasteiger partial charge in [-0.05, 0) is 13.8 Å². The van der Waals surface area contributed by atoms with E-state index < -0.39 is 0 Å². The normalized spacial score (nSPS) is 16.1. The van der Waals surface area contributed by atoms with Crippen molar-refractivity contribution in [3.05, 3.63) is 0 Å². The van der Waals surface area contributed by atoms with Crippen LogP contribution in [0.5, 0.6) is 0 Å². The van der Waals surface area contributed by atoms with E-state index in [0.717, 1.165) is 25.9 Å². The van der Waals surface area contributed by atoms with Crippen LogP contribution in [0.15, 0.2) is 0 Å². The second-order valence-electron chi connectivity index (χ2n) is 3.07. The Morgan fingerprint density at radius 3 is 2.08 bits per heavy atom. The quantitative estimate of drug-likeness (QED) is 0.640. The van der Waals surface area contributed by atoms with Crippen molar-refractivity contribution in [2.45, 2.75) is 32.8 Å². The van der Waals surface area contributed by atoms with Gasteiger partial charge in [0.15, 0.2) is 0 Å². The minimum absolute atomic E-state index is 0.0301. The van der Waals surface area contributed by atoms with Gasteiger partial charge in [0.1, 0.15) is 5.78 Å². The maximum atomic E-state index is 10.4. The summed E-state index contributed by atoms with van der Waals surface area (Å²) in [7, 11) is 0. The van der Waals surface area contributed by atoms with Crippen LogP contribution in [0.3, 0.4) is 0 Å². The molecule has 1 saturated heterocycles. The standard InChI is InChI=1S/C5H9NO.C4H8O2/c7-5-1-3-6-4-2-5;1-4(2)6-3-5/h6H,1-4H2;3-4H,1-2H3. The number of nitrogens with one attached hydrogen (secondary N) is 1. The highest BCUT2D eigenvalue weighted by atomic mass is 16.5. The summed E-state index contributed by atoms with van der Waals surface area (Å²) >= 11 is 0. The van der Waals surface area contributed by atoms with Gasteiger partial charge < -0.3 is 10.1 Å². The van der Waals surface area contributed by atoms with Crippen molar-refractivity contribution in [2.24, 2.45) is 0 Å². The SMILES string of the molecule is CC(C)OC=O.O=C1CCNCC1. The smallest absolute Gasteiger partial charge is 0.293 e. The van der Waals surface area contributed by atoms with Crippen molar-refractivity contribution < 1.29 is 14.3 Å². The van der Waals surface area contributed by atoms with Crippen molar-refractivity contribution in [3.8, 4) is 0 Å². The number of piperidine rings is 1. The molecule has 1 heterocycles. The Hall–Kier alpha value is -0.900. The summed E-state index contributed by atoms with van der Waals surface area (Å²) < 4.78 is 4.36. The van der Waals surface area contributed by atoms with Gasteiger partial charge in [0.05, 0.1) is 6.10 Å². The molecule has 0 amide bonds. The van der Waals surface area contributed by atoms with Crippen LogP contribution in [-0.2, 0) is 14.3 Å². The number of ether oxygens (including phenoxy) is 1. The predicted molar refractivity (Wildman–Crippen MR) is 49.4 cm³/mol. The summed E-state index contributed by atoms with van der Waals surface area (Å²) in [4.78, 5) is 19.8. The van der Waals surface area contributed by atoms with Crippen molar-refractivity contribution in [3.63, 3.8) is 0 Å². The molecule has 1 fully saturated rings. The van der Waals surface area contributed by atoms with Gasteiger partial charge in [-0.15, -0.1) is 0 Å². The molecule has 76 valence electrons. The van der Waals surface area contributed by atoms with Crippen LogP contribution in [0.4, 0.5) is 0 Å². The van der Waals surface area contributed by atoms with Crippen molar-refractivity contribution >= 4 is 12.3 Å². The third-order valence-corrected chi connectivity index (χ3v) is 1.49. The van der Waals surface area contributed by atoms with E-state index in [1.54, 1.807) is 13.8 Å². The minimum Gasteiger partial charge on any atom is -0.465 e. The zero-order chi connectivity index (χ0) is 10.1. The fourth-order valence-electron chi connectivity index (χ4n) is 0.817. The lowest BCUT2D eigenvalue weighted by Crippen LogP contribution is -2.27. The van der Waals surface area contributed by atoms with Gasteiger partial charge >= 0.3 is 0 Å². The molecule has 1 aliphatic rings. The predicted octanol–water partition coefficient (Wildman–Crippen LogP) is 0.507. The molecule has 0 aromatic rings. The number of carbonyl (C=O) groups is 2. The maximum absolute atomic E-state index is 10.4. The van der Waals surface area contributed by atoms with E-state index in [-0.39, 0.29) is 6.10 Å². The average Bonchev–Trinajstić information content (AvgIpc) is 2.06. The summed E-state index contributed by atoms with van der Waals surface area (Å²) in [6.07, 6.45) is 1.50. The lowest BCUT2D eigenvalue weighted by Gasteiger charge is -2.08. The van der Waals surface area contributed by atoms with Gasteiger partial charge in [-0.1, -0.05) is 0 Å². The van der Waals surface area contributed by atoms with Gasteiger partial charge in [0, 0.05) is 25.9 Å². The van der Waals surface area contributed by atoms with Crippen LogP contribution in [0.25, 0.3) is 0 Å². The van der Waals surface area contributed by atoms with E-state index in [0.29, 0.717) is 12.3 Å². The number of hydrogen-bond donors (Lipinski definition) is 1. The van der Waals surface area contributed by atoms with Gasteiger partial charge in [0.2, 0.25) is 0 Å². The van der Waals surface area contributed by atoms with Crippen molar-refractivity contribution in [2.75, 3.05) is 13.1 Å². The first kappa shape index (κ1) is 12.1. The first-order valence-electron chi connectivity index (χ1n) is 4.48. The molecule has 4 nitrogen and oxygen atoms in total. The third-order valence-electron chi connectivity index (χ3n) is 1.49. The lowest BCUT2D eigenvalue weighted by atomic mass is 10.1. The second kappa shape index (κ2) is 7.73. The zero-order valence-corrected chi connectivity index (χ0v) is 8.21. The largest absolute Gasteiger partial charge is 0.465 e. The third kappa shape index (κ3) is 9.01. The molecule has 0 bridgehead atoms. The summed E-state index contributed by atoms with van der Waals surface area (Å²) in [6.45, 7) is 5.82. The maximum Gasteiger partial charge on any atom is 0.293 e. The molecule has 0 atom stereocenters. The molecule has 1 rings (SSSR count). The molecule has 0 aromatic carbocycles. The Bertz CT molecular complexity index is 149. The van der Waals surface area contributed by atoms with E-state index >= 15 is 0 Å². The summed E-state index contributed by atoms with van der Waals surface area (Å²) in [5.41, 5.74) is 0. The number of Topliss-reactive ketones (excluding diaryl/α,β-unsaturated/α-hetero) is 1. The Balaban J connectivity index is 0.000000226. The summed E-state index contributed by atoms with van der Waals surface area (Å²) in [5, 5.41) is 3.09. The molecule has 0 saturated carbocycles. The molecular formula is C9H17NO3. The van der Waals surface area contributed by atoms with E-state index in [2.05, 4.69) is 10.1 Å². The molecule has 0 radical (unpaired) electrons. The van der Waals surface area contributed by atoms with Crippen LogP contribution in [0.1, 0.15) is 26.7 Å². The first-order chi connectivity index (χ1) is 6.16. The molecule has 0 unspecified atom stereocenters. The highest BCUT2D eigenvalue weighted by Gasteiger charge is 2.04. The molecule has 1 aliphatic heterocycles. The van der Waals surface area contributed by atoms with Crippen LogP contribution >= 0.6 is 0 Å². The van der Waals surface area contributed by atoms with E-state index in [1.165, 1.54) is 0 Å². The molecule has 1 N–H and O–H groups in total. The monoisotopic (exact) mass is 187 g/mol. The minimum atomic E-state index is 0.0301. The van der Waals surface area contributed by atoms with Crippen LogP contribution < -0.4 is 5.32 Å². The topological polar surface area (TPSA) is 55.4 Å². The van der Waals surface area contributed by atoms with Crippen LogP contribution in [0.2, 0.25) is 0 Å².